The van der Waals surface area contributed by atoms with Crippen molar-refractivity contribution in [3.8, 4) is 0 Å². The minimum absolute atomic E-state index is 0.0440. The molecule has 0 bridgehead atoms. The van der Waals surface area contributed by atoms with E-state index in [1.165, 1.54) is 0 Å². The Hall–Kier alpha value is -2.15. The molecule has 0 radical (unpaired) electrons. The fourth-order valence-corrected chi connectivity index (χ4v) is 2.27. The number of aromatic nitrogens is 1. The average Bonchev–Trinajstić information content (AvgIpc) is 2.54. The monoisotopic (exact) mass is 365 g/mol. The van der Waals surface area contributed by atoms with E-state index < -0.39 is 17.9 Å². The first-order valence-corrected chi connectivity index (χ1v) is 8.82. The van der Waals surface area contributed by atoms with Crippen LogP contribution in [0, 0.1) is 5.92 Å². The van der Waals surface area contributed by atoms with Crippen LogP contribution in [-0.2, 0) is 16.1 Å². The molecule has 26 heavy (non-hydrogen) atoms. The highest BCUT2D eigenvalue weighted by atomic mass is 16.5. The number of carbonyl (C=O) groups is 2. The molecule has 146 valence electrons. The highest BCUT2D eigenvalue weighted by Crippen LogP contribution is 2.19. The number of hydrogen-bond acceptors (Lipinski definition) is 4. The molecule has 0 saturated carbocycles. The Bertz CT molecular complexity index is 584. The summed E-state index contributed by atoms with van der Waals surface area (Å²) >= 11 is 0. The molecule has 0 aromatic carbocycles. The molecule has 0 fully saturated rings. The molecule has 0 unspecified atom stereocenters. The minimum atomic E-state index is -1.21. The Morgan fingerprint density at radius 1 is 1.23 bits per heavy atom. The maximum Gasteiger partial charge on any atom is 0.410 e. The van der Waals surface area contributed by atoms with E-state index in [1.807, 2.05) is 0 Å². The van der Waals surface area contributed by atoms with E-state index in [4.69, 9.17) is 4.74 Å². The minimum Gasteiger partial charge on any atom is -0.465 e. The van der Waals surface area contributed by atoms with Crippen molar-refractivity contribution in [2.24, 2.45) is 5.92 Å². The number of nitrogens with zero attached hydrogens (tertiary/aromatic N) is 3. The van der Waals surface area contributed by atoms with Crippen LogP contribution < -0.4 is 0 Å². The van der Waals surface area contributed by atoms with Crippen molar-refractivity contribution in [1.29, 1.82) is 0 Å². The van der Waals surface area contributed by atoms with Crippen molar-refractivity contribution in [2.75, 3.05) is 13.6 Å². The van der Waals surface area contributed by atoms with Crippen molar-refractivity contribution in [1.82, 2.24) is 14.8 Å². The largest absolute Gasteiger partial charge is 0.465 e. The molecule has 7 nitrogen and oxygen atoms in total. The summed E-state index contributed by atoms with van der Waals surface area (Å²) in [5.74, 6) is 0.0802. The number of rotatable bonds is 8. The summed E-state index contributed by atoms with van der Waals surface area (Å²) in [7, 11) is 1.68. The van der Waals surface area contributed by atoms with E-state index >= 15 is 0 Å². The number of carbonyl (C=O) groups excluding carboxylic acids is 1. The van der Waals surface area contributed by atoms with Crippen molar-refractivity contribution in [2.45, 2.75) is 59.4 Å². The van der Waals surface area contributed by atoms with Gasteiger partial charge in [-0.25, -0.2) is 4.79 Å². The Labute approximate surface area is 156 Å². The normalized spacial score (nSPS) is 12.7. The van der Waals surface area contributed by atoms with E-state index in [0.29, 0.717) is 12.5 Å². The lowest BCUT2D eigenvalue weighted by atomic mass is 10.1. The first-order valence-electron chi connectivity index (χ1n) is 8.82. The van der Waals surface area contributed by atoms with Crippen LogP contribution in [-0.4, -0.2) is 57.3 Å². The SMILES string of the molecule is CC(C)CCN(C)C(=O)[C@H](OC(C)(C)C)N(Cc1ccncc1)C(=O)O. The second-order valence-corrected chi connectivity index (χ2v) is 7.79. The van der Waals surface area contributed by atoms with E-state index in [9.17, 15) is 14.7 Å². The highest BCUT2D eigenvalue weighted by molar-refractivity contribution is 5.84. The van der Waals surface area contributed by atoms with Crippen LogP contribution in [0.5, 0.6) is 0 Å². The molecule has 2 amide bonds. The van der Waals surface area contributed by atoms with Crippen molar-refractivity contribution in [3.63, 3.8) is 0 Å². The van der Waals surface area contributed by atoms with Crippen molar-refractivity contribution >= 4 is 12.0 Å². The Morgan fingerprint density at radius 2 is 1.81 bits per heavy atom. The van der Waals surface area contributed by atoms with E-state index in [0.717, 1.165) is 16.9 Å². The van der Waals surface area contributed by atoms with Gasteiger partial charge in [-0.2, -0.15) is 0 Å². The van der Waals surface area contributed by atoms with Crippen molar-refractivity contribution in [3.05, 3.63) is 30.1 Å². The molecule has 0 aliphatic heterocycles. The lowest BCUT2D eigenvalue weighted by Gasteiger charge is -2.35. The molecule has 0 aliphatic rings. The average molecular weight is 365 g/mol. The number of likely N-dealkylation sites (N-methyl/N-ethyl adjacent to an activating group) is 1. The Balaban J connectivity index is 3.07. The van der Waals surface area contributed by atoms with Crippen LogP contribution in [0.3, 0.4) is 0 Å². The second kappa shape index (κ2) is 9.52. The Morgan fingerprint density at radius 3 is 2.27 bits per heavy atom. The van der Waals surface area contributed by atoms with Gasteiger partial charge in [0.05, 0.1) is 12.1 Å². The smallest absolute Gasteiger partial charge is 0.410 e. The summed E-state index contributed by atoms with van der Waals surface area (Å²) in [5, 5.41) is 9.71. The standard InChI is InChI=1S/C19H31N3O4/c1-14(2)9-12-21(6)16(23)17(26-19(3,4)5)22(18(24)25)13-15-7-10-20-11-8-15/h7-8,10-11,14,17H,9,12-13H2,1-6H3,(H,24,25)/t17-/m0/s1. The number of hydrogen-bond donors (Lipinski definition) is 1. The topological polar surface area (TPSA) is 83.0 Å². The van der Waals surface area contributed by atoms with Crippen LogP contribution >= 0.6 is 0 Å². The summed E-state index contributed by atoms with van der Waals surface area (Å²) in [6.45, 7) is 10.1. The van der Waals surface area contributed by atoms with Gasteiger partial charge in [0.25, 0.3) is 5.91 Å². The quantitative estimate of drug-likeness (QED) is 0.715. The highest BCUT2D eigenvalue weighted by Gasteiger charge is 2.36. The maximum absolute atomic E-state index is 13.0. The predicted molar refractivity (Wildman–Crippen MR) is 99.5 cm³/mol. The van der Waals surface area contributed by atoms with Crippen LogP contribution in [0.4, 0.5) is 4.79 Å². The van der Waals surface area contributed by atoms with Gasteiger partial charge in [-0.1, -0.05) is 13.8 Å². The number of pyridine rings is 1. The fraction of sp³-hybridized carbons (Fsp3) is 0.632. The predicted octanol–water partition coefficient (Wildman–Crippen LogP) is 3.21. The molecular weight excluding hydrogens is 334 g/mol. The van der Waals surface area contributed by atoms with Crippen LogP contribution in [0.25, 0.3) is 0 Å². The summed E-state index contributed by atoms with van der Waals surface area (Å²) in [5.41, 5.74) is 0.0630. The maximum atomic E-state index is 13.0. The molecule has 1 aromatic rings. The summed E-state index contributed by atoms with van der Waals surface area (Å²) < 4.78 is 5.86. The van der Waals surface area contributed by atoms with Gasteiger partial charge in [-0.15, -0.1) is 0 Å². The van der Waals surface area contributed by atoms with Gasteiger partial charge >= 0.3 is 6.09 Å². The molecule has 0 spiro atoms. The third-order valence-electron chi connectivity index (χ3n) is 3.73. The number of ether oxygens (including phenoxy) is 1. The van der Waals surface area contributed by atoms with E-state index in [1.54, 1.807) is 57.2 Å². The van der Waals surface area contributed by atoms with Crippen LogP contribution in [0.2, 0.25) is 0 Å². The van der Waals surface area contributed by atoms with Gasteiger partial charge in [-0.05, 0) is 50.8 Å². The summed E-state index contributed by atoms with van der Waals surface area (Å²) in [4.78, 5) is 31.3. The zero-order valence-electron chi connectivity index (χ0n) is 16.6. The Kier molecular flexibility index (Phi) is 8.02. The molecule has 0 aliphatic carbocycles. The molecule has 1 aromatic heterocycles. The lowest BCUT2D eigenvalue weighted by molar-refractivity contribution is -0.171. The number of amides is 2. The van der Waals surface area contributed by atoms with E-state index in [2.05, 4.69) is 18.8 Å². The molecule has 1 heterocycles. The first-order chi connectivity index (χ1) is 12.0. The summed E-state index contributed by atoms with van der Waals surface area (Å²) in [6.07, 6.45) is 1.60. The first kappa shape index (κ1) is 21.9. The van der Waals surface area contributed by atoms with Gasteiger partial charge in [-0.3, -0.25) is 14.7 Å². The van der Waals surface area contributed by atoms with Gasteiger partial charge in [0.1, 0.15) is 0 Å². The molecule has 1 rings (SSSR count). The zero-order valence-corrected chi connectivity index (χ0v) is 16.6. The molecule has 1 N–H and O–H groups in total. The van der Waals surface area contributed by atoms with Gasteiger partial charge in [0.2, 0.25) is 6.23 Å². The lowest BCUT2D eigenvalue weighted by Crippen LogP contribution is -2.53. The molecule has 7 heteroatoms. The third-order valence-corrected chi connectivity index (χ3v) is 3.73. The molecular formula is C19H31N3O4. The molecule has 1 atom stereocenters. The van der Waals surface area contributed by atoms with Crippen LogP contribution in [0.1, 0.15) is 46.6 Å². The van der Waals surface area contributed by atoms with Gasteiger partial charge in [0, 0.05) is 26.0 Å². The van der Waals surface area contributed by atoms with E-state index in [-0.39, 0.29) is 12.5 Å². The fourth-order valence-electron chi connectivity index (χ4n) is 2.27. The van der Waals surface area contributed by atoms with Gasteiger partial charge in [0.15, 0.2) is 0 Å². The van der Waals surface area contributed by atoms with Crippen LogP contribution in [0.15, 0.2) is 24.5 Å². The third kappa shape index (κ3) is 7.39. The second-order valence-electron chi connectivity index (χ2n) is 7.79. The zero-order chi connectivity index (χ0) is 19.9. The number of carboxylic acid groups (broad SMARTS) is 1. The molecule has 0 saturated heterocycles. The summed E-state index contributed by atoms with van der Waals surface area (Å²) in [6, 6.07) is 3.44. The van der Waals surface area contributed by atoms with Gasteiger partial charge < -0.3 is 14.7 Å². The van der Waals surface area contributed by atoms with Crippen molar-refractivity contribution < 1.29 is 19.4 Å².